The first-order valence-electron chi connectivity index (χ1n) is 7.18. The van der Waals surface area contributed by atoms with Gasteiger partial charge in [0.1, 0.15) is 5.69 Å². The van der Waals surface area contributed by atoms with Gasteiger partial charge in [-0.25, -0.2) is 4.99 Å². The highest BCUT2D eigenvalue weighted by atomic mass is 35.5. The monoisotopic (exact) mass is 347 g/mol. The van der Waals surface area contributed by atoms with Gasteiger partial charge < -0.3 is 4.90 Å². The van der Waals surface area contributed by atoms with Crippen molar-refractivity contribution in [1.29, 1.82) is 0 Å². The Morgan fingerprint density at radius 2 is 1.52 bits per heavy atom. The van der Waals surface area contributed by atoms with Crippen molar-refractivity contribution in [2.24, 2.45) is 9.98 Å². The van der Waals surface area contributed by atoms with Crippen LogP contribution in [-0.4, -0.2) is 31.5 Å². The number of hydrogen-bond donors (Lipinski definition) is 0. The summed E-state index contributed by atoms with van der Waals surface area (Å²) in [5.74, 6) is 0. The van der Waals surface area contributed by atoms with E-state index in [-0.39, 0.29) is 0 Å². The van der Waals surface area contributed by atoms with Crippen LogP contribution < -0.4 is 0 Å². The van der Waals surface area contributed by atoms with Crippen LogP contribution in [0, 0.1) is 13.8 Å². The molecule has 0 unspecified atom stereocenters. The number of aliphatic imine (C=N–C) groups is 2. The summed E-state index contributed by atoms with van der Waals surface area (Å²) in [6, 6.07) is 9.69. The fourth-order valence-electron chi connectivity index (χ4n) is 2.09. The Morgan fingerprint density at radius 1 is 0.957 bits per heavy atom. The van der Waals surface area contributed by atoms with E-state index in [0.717, 1.165) is 5.56 Å². The molecular formula is C18H19Cl2N3. The standard InChI is InChI=1S/C18H19Cl2N3/c1-12-6-5-7-13(2)15(12)10-21-14-8-16(19)18(17(20)9-14)22-11-23(3)4/h5-11H,1-4H3. The average Bonchev–Trinajstić information content (AvgIpc) is 2.45. The normalized spacial score (nSPS) is 11.6. The van der Waals surface area contributed by atoms with Crippen LogP contribution in [0.1, 0.15) is 16.7 Å². The molecule has 0 radical (unpaired) electrons. The highest BCUT2D eigenvalue weighted by molar-refractivity contribution is 6.39. The Labute approximate surface area is 147 Å². The van der Waals surface area contributed by atoms with Gasteiger partial charge in [-0.05, 0) is 42.7 Å². The second kappa shape index (κ2) is 7.62. The number of hydrogen-bond acceptors (Lipinski definition) is 2. The highest BCUT2D eigenvalue weighted by Gasteiger charge is 2.07. The molecule has 0 heterocycles. The van der Waals surface area contributed by atoms with E-state index in [0.29, 0.717) is 21.4 Å². The lowest BCUT2D eigenvalue weighted by Crippen LogP contribution is -2.07. The number of halogens is 2. The third-order valence-electron chi connectivity index (χ3n) is 3.30. The maximum absolute atomic E-state index is 6.27. The van der Waals surface area contributed by atoms with Crippen molar-refractivity contribution in [2.75, 3.05) is 14.1 Å². The van der Waals surface area contributed by atoms with E-state index >= 15 is 0 Å². The molecule has 0 aliphatic rings. The summed E-state index contributed by atoms with van der Waals surface area (Å²) in [6.07, 6.45) is 3.50. The maximum Gasteiger partial charge on any atom is 0.102 e. The predicted octanol–water partition coefficient (Wildman–Crippen LogP) is 5.58. The van der Waals surface area contributed by atoms with Crippen molar-refractivity contribution in [2.45, 2.75) is 13.8 Å². The molecular weight excluding hydrogens is 329 g/mol. The van der Waals surface area contributed by atoms with Crippen molar-refractivity contribution < 1.29 is 0 Å². The largest absolute Gasteiger partial charge is 0.369 e. The van der Waals surface area contributed by atoms with E-state index < -0.39 is 0 Å². The maximum atomic E-state index is 6.27. The van der Waals surface area contributed by atoms with Crippen LogP contribution in [0.5, 0.6) is 0 Å². The molecule has 0 aliphatic carbocycles. The molecule has 0 saturated heterocycles. The Balaban J connectivity index is 2.34. The molecule has 0 atom stereocenters. The van der Waals surface area contributed by atoms with Gasteiger partial charge >= 0.3 is 0 Å². The predicted molar refractivity (Wildman–Crippen MR) is 101 cm³/mol. The molecule has 23 heavy (non-hydrogen) atoms. The van der Waals surface area contributed by atoms with E-state index in [2.05, 4.69) is 36.0 Å². The average molecular weight is 348 g/mol. The van der Waals surface area contributed by atoms with Crippen LogP contribution in [0.3, 0.4) is 0 Å². The Bertz CT molecular complexity index is 722. The van der Waals surface area contributed by atoms with Crippen molar-refractivity contribution in [1.82, 2.24) is 4.90 Å². The van der Waals surface area contributed by atoms with E-state index in [4.69, 9.17) is 23.2 Å². The summed E-state index contributed by atoms with van der Waals surface area (Å²) >= 11 is 12.5. The smallest absolute Gasteiger partial charge is 0.102 e. The van der Waals surface area contributed by atoms with Crippen LogP contribution >= 0.6 is 23.2 Å². The third-order valence-corrected chi connectivity index (χ3v) is 3.88. The molecule has 5 heteroatoms. The molecule has 0 aromatic heterocycles. The van der Waals surface area contributed by atoms with E-state index in [1.807, 2.05) is 31.3 Å². The fraction of sp³-hybridized carbons (Fsp3) is 0.222. The van der Waals surface area contributed by atoms with Crippen LogP contribution in [0.4, 0.5) is 11.4 Å². The van der Waals surface area contributed by atoms with Gasteiger partial charge in [-0.1, -0.05) is 41.4 Å². The van der Waals surface area contributed by atoms with Gasteiger partial charge in [-0.2, -0.15) is 0 Å². The first-order valence-corrected chi connectivity index (χ1v) is 7.94. The first kappa shape index (κ1) is 17.5. The van der Waals surface area contributed by atoms with E-state index in [9.17, 15) is 0 Å². The summed E-state index contributed by atoms with van der Waals surface area (Å²) in [4.78, 5) is 10.6. The van der Waals surface area contributed by atoms with Gasteiger partial charge in [0.25, 0.3) is 0 Å². The molecule has 0 bridgehead atoms. The van der Waals surface area contributed by atoms with Gasteiger partial charge in [0.05, 0.1) is 22.1 Å². The Hall–Kier alpha value is -1.84. The number of rotatable bonds is 4. The van der Waals surface area contributed by atoms with E-state index in [1.54, 1.807) is 18.5 Å². The van der Waals surface area contributed by atoms with Gasteiger partial charge in [-0.3, -0.25) is 4.99 Å². The molecule has 0 spiro atoms. The highest BCUT2D eigenvalue weighted by Crippen LogP contribution is 2.37. The summed E-state index contributed by atoms with van der Waals surface area (Å²) in [7, 11) is 3.77. The molecule has 0 aliphatic heterocycles. The zero-order valence-corrected chi connectivity index (χ0v) is 15.2. The molecule has 0 fully saturated rings. The second-order valence-corrected chi connectivity index (χ2v) is 6.34. The minimum absolute atomic E-state index is 0.476. The molecule has 2 rings (SSSR count). The molecule has 120 valence electrons. The molecule has 2 aromatic carbocycles. The van der Waals surface area contributed by atoms with Crippen LogP contribution in [0.15, 0.2) is 40.3 Å². The Kier molecular flexibility index (Phi) is 5.80. The zero-order valence-electron chi connectivity index (χ0n) is 13.6. The van der Waals surface area contributed by atoms with E-state index in [1.165, 1.54) is 11.1 Å². The minimum atomic E-state index is 0.476. The van der Waals surface area contributed by atoms with Crippen LogP contribution in [0.25, 0.3) is 0 Å². The lowest BCUT2D eigenvalue weighted by Gasteiger charge is -2.07. The Morgan fingerprint density at radius 3 is 2.04 bits per heavy atom. The zero-order chi connectivity index (χ0) is 17.0. The molecule has 0 saturated carbocycles. The second-order valence-electron chi connectivity index (χ2n) is 5.53. The molecule has 0 N–H and O–H groups in total. The van der Waals surface area contributed by atoms with Crippen molar-refractivity contribution >= 4 is 47.1 Å². The lowest BCUT2D eigenvalue weighted by atomic mass is 10.0. The van der Waals surface area contributed by atoms with Crippen molar-refractivity contribution in [3.05, 3.63) is 57.1 Å². The molecule has 3 nitrogen and oxygen atoms in total. The van der Waals surface area contributed by atoms with Gasteiger partial charge in [-0.15, -0.1) is 0 Å². The van der Waals surface area contributed by atoms with Crippen molar-refractivity contribution in [3.63, 3.8) is 0 Å². The SMILES string of the molecule is Cc1cccc(C)c1C=Nc1cc(Cl)c(N=CN(C)C)c(Cl)c1. The third kappa shape index (κ3) is 4.57. The summed E-state index contributed by atoms with van der Waals surface area (Å²) in [6.45, 7) is 4.13. The van der Waals surface area contributed by atoms with Gasteiger partial charge in [0, 0.05) is 20.3 Å². The fourth-order valence-corrected chi connectivity index (χ4v) is 2.67. The minimum Gasteiger partial charge on any atom is -0.369 e. The lowest BCUT2D eigenvalue weighted by molar-refractivity contribution is 0.643. The summed E-state index contributed by atoms with van der Waals surface area (Å²) in [5, 5.41) is 0.952. The summed E-state index contributed by atoms with van der Waals surface area (Å²) in [5.41, 5.74) is 4.71. The number of aryl methyl sites for hydroxylation is 2. The quantitative estimate of drug-likeness (QED) is 0.523. The van der Waals surface area contributed by atoms with Crippen molar-refractivity contribution in [3.8, 4) is 0 Å². The van der Waals surface area contributed by atoms with Crippen LogP contribution in [0.2, 0.25) is 10.0 Å². The van der Waals surface area contributed by atoms with Gasteiger partial charge in [0.2, 0.25) is 0 Å². The van der Waals surface area contributed by atoms with Crippen LogP contribution in [-0.2, 0) is 0 Å². The summed E-state index contributed by atoms with van der Waals surface area (Å²) < 4.78 is 0. The number of benzene rings is 2. The molecule has 2 aromatic rings. The first-order chi connectivity index (χ1) is 10.9. The number of nitrogens with zero attached hydrogens (tertiary/aromatic N) is 3. The van der Waals surface area contributed by atoms with Gasteiger partial charge in [0.15, 0.2) is 0 Å². The molecule has 0 amide bonds. The topological polar surface area (TPSA) is 28.0 Å².